The Bertz CT molecular complexity index is 610. The quantitative estimate of drug-likeness (QED) is 0.801. The zero-order chi connectivity index (χ0) is 13.9. The maximum Gasteiger partial charge on any atom is 0.0453 e. The fourth-order valence-corrected chi connectivity index (χ4v) is 3.25. The first-order valence-corrected chi connectivity index (χ1v) is 7.71. The maximum absolute atomic E-state index is 6.23. The molecule has 0 unspecified atom stereocenters. The van der Waals surface area contributed by atoms with Crippen molar-refractivity contribution in [1.82, 2.24) is 4.90 Å². The molecule has 0 amide bonds. The lowest BCUT2D eigenvalue weighted by atomic mass is 9.99. The van der Waals surface area contributed by atoms with Gasteiger partial charge in [0, 0.05) is 29.7 Å². The summed E-state index contributed by atoms with van der Waals surface area (Å²) in [5.41, 5.74) is 4.13. The molecule has 2 aromatic carbocycles. The van der Waals surface area contributed by atoms with E-state index in [1.54, 1.807) is 0 Å². The minimum absolute atomic E-state index is 0.700. The normalized spacial score (nSPS) is 15.1. The Labute approximate surface area is 130 Å². The molecule has 3 heteroatoms. The van der Waals surface area contributed by atoms with Crippen LogP contribution in [-0.2, 0) is 19.4 Å². The van der Waals surface area contributed by atoms with Gasteiger partial charge in [0.1, 0.15) is 0 Å². The van der Waals surface area contributed by atoms with Gasteiger partial charge in [-0.2, -0.15) is 0 Å². The van der Waals surface area contributed by atoms with Crippen LogP contribution in [-0.4, -0.2) is 18.0 Å². The van der Waals surface area contributed by atoms with Crippen molar-refractivity contribution < 1.29 is 0 Å². The van der Waals surface area contributed by atoms with E-state index in [9.17, 15) is 0 Å². The van der Waals surface area contributed by atoms with Crippen molar-refractivity contribution in [1.29, 1.82) is 0 Å². The van der Waals surface area contributed by atoms with E-state index in [0.29, 0.717) is 5.02 Å². The number of nitrogens with zero attached hydrogens (tertiary/aromatic N) is 1. The monoisotopic (exact) mass is 305 g/mol. The molecule has 0 atom stereocenters. The van der Waals surface area contributed by atoms with E-state index in [2.05, 4.69) is 29.2 Å². The molecule has 0 spiro atoms. The Morgan fingerprint density at radius 3 is 2.60 bits per heavy atom. The third-order valence-corrected chi connectivity index (χ3v) is 4.51. The minimum Gasteiger partial charge on any atom is -0.298 e. The molecule has 0 N–H and O–H groups in total. The average Bonchev–Trinajstić information content (AvgIpc) is 2.46. The van der Waals surface area contributed by atoms with E-state index in [1.807, 2.05) is 18.2 Å². The van der Waals surface area contributed by atoms with Gasteiger partial charge >= 0.3 is 0 Å². The van der Waals surface area contributed by atoms with Crippen LogP contribution in [0.4, 0.5) is 0 Å². The molecule has 20 heavy (non-hydrogen) atoms. The highest BCUT2D eigenvalue weighted by atomic mass is 35.5. The van der Waals surface area contributed by atoms with E-state index in [-0.39, 0.29) is 0 Å². The zero-order valence-corrected chi connectivity index (χ0v) is 12.8. The zero-order valence-electron chi connectivity index (χ0n) is 11.3. The molecule has 0 fully saturated rings. The van der Waals surface area contributed by atoms with Gasteiger partial charge in [0.2, 0.25) is 0 Å². The fraction of sp³-hybridized carbons (Fsp3) is 0.294. The second kappa shape index (κ2) is 6.17. The molecule has 0 aromatic heterocycles. The van der Waals surface area contributed by atoms with Gasteiger partial charge in [0.25, 0.3) is 0 Å². The fourth-order valence-electron chi connectivity index (χ4n) is 2.75. The summed E-state index contributed by atoms with van der Waals surface area (Å²) in [6.07, 6.45) is 2.11. The van der Waals surface area contributed by atoms with Gasteiger partial charge in [-0.15, -0.1) is 0 Å². The van der Waals surface area contributed by atoms with Crippen LogP contribution in [0.5, 0.6) is 0 Å². The number of fused-ring (bicyclic) bond motifs is 1. The molecule has 2 aromatic rings. The third kappa shape index (κ3) is 3.17. The van der Waals surface area contributed by atoms with Gasteiger partial charge in [-0.1, -0.05) is 53.5 Å². The molecule has 1 nitrogen and oxygen atoms in total. The highest BCUT2D eigenvalue weighted by molar-refractivity contribution is 6.35. The molecular weight excluding hydrogens is 289 g/mol. The first-order chi connectivity index (χ1) is 9.72. The summed E-state index contributed by atoms with van der Waals surface area (Å²) in [7, 11) is 0. The van der Waals surface area contributed by atoms with Crippen LogP contribution in [0.15, 0.2) is 42.5 Å². The molecule has 1 aliphatic heterocycles. The van der Waals surface area contributed by atoms with Gasteiger partial charge in [-0.05, 0) is 41.7 Å². The van der Waals surface area contributed by atoms with E-state index in [0.717, 1.165) is 37.5 Å². The van der Waals surface area contributed by atoms with Crippen molar-refractivity contribution in [2.45, 2.75) is 19.4 Å². The van der Waals surface area contributed by atoms with Crippen LogP contribution < -0.4 is 0 Å². The average molecular weight is 306 g/mol. The van der Waals surface area contributed by atoms with Crippen molar-refractivity contribution in [3.05, 3.63) is 69.2 Å². The largest absolute Gasteiger partial charge is 0.298 e. The summed E-state index contributed by atoms with van der Waals surface area (Å²) in [6.45, 7) is 3.21. The standard InChI is InChI=1S/C17H17Cl2N/c18-16-6-5-14(17(19)11-16)8-10-20-9-7-13-3-1-2-4-15(13)12-20/h1-6,11H,7-10,12H2. The van der Waals surface area contributed by atoms with Crippen molar-refractivity contribution in [2.24, 2.45) is 0 Å². The summed E-state index contributed by atoms with van der Waals surface area (Å²) in [4.78, 5) is 2.49. The second-order valence-corrected chi connectivity index (χ2v) is 6.12. The number of hydrogen-bond acceptors (Lipinski definition) is 1. The Morgan fingerprint density at radius 1 is 1.00 bits per heavy atom. The molecule has 0 radical (unpaired) electrons. The summed E-state index contributed by atoms with van der Waals surface area (Å²) in [5, 5.41) is 1.47. The van der Waals surface area contributed by atoms with Gasteiger partial charge in [-0.25, -0.2) is 0 Å². The predicted molar refractivity (Wildman–Crippen MR) is 85.6 cm³/mol. The van der Waals surface area contributed by atoms with Crippen LogP contribution in [0.1, 0.15) is 16.7 Å². The highest BCUT2D eigenvalue weighted by Crippen LogP contribution is 2.23. The Morgan fingerprint density at radius 2 is 1.80 bits per heavy atom. The molecule has 1 aliphatic rings. The van der Waals surface area contributed by atoms with Gasteiger partial charge in [0.15, 0.2) is 0 Å². The lowest BCUT2D eigenvalue weighted by Gasteiger charge is -2.28. The van der Waals surface area contributed by atoms with Gasteiger partial charge < -0.3 is 0 Å². The predicted octanol–water partition coefficient (Wildman–Crippen LogP) is 4.59. The Hall–Kier alpha value is -1.02. The summed E-state index contributed by atoms with van der Waals surface area (Å²) in [5.74, 6) is 0. The molecule has 1 heterocycles. The van der Waals surface area contributed by atoms with Crippen molar-refractivity contribution in [2.75, 3.05) is 13.1 Å². The SMILES string of the molecule is Clc1ccc(CCN2CCc3ccccc3C2)c(Cl)c1. The van der Waals surface area contributed by atoms with Crippen LogP contribution in [0.3, 0.4) is 0 Å². The summed E-state index contributed by atoms with van der Waals surface area (Å²) < 4.78 is 0. The first-order valence-electron chi connectivity index (χ1n) is 6.95. The van der Waals surface area contributed by atoms with Crippen molar-refractivity contribution in [3.8, 4) is 0 Å². The topological polar surface area (TPSA) is 3.24 Å². The van der Waals surface area contributed by atoms with E-state index >= 15 is 0 Å². The van der Waals surface area contributed by atoms with Crippen LogP contribution in [0.25, 0.3) is 0 Å². The third-order valence-electron chi connectivity index (χ3n) is 3.92. The molecule has 0 aliphatic carbocycles. The highest BCUT2D eigenvalue weighted by Gasteiger charge is 2.15. The van der Waals surface area contributed by atoms with Crippen molar-refractivity contribution in [3.63, 3.8) is 0 Å². The maximum atomic E-state index is 6.23. The van der Waals surface area contributed by atoms with Crippen LogP contribution in [0, 0.1) is 0 Å². The number of rotatable bonds is 3. The van der Waals surface area contributed by atoms with Crippen LogP contribution in [0.2, 0.25) is 10.0 Å². The van der Waals surface area contributed by atoms with E-state index < -0.39 is 0 Å². The molecular formula is C17H17Cl2N. The Balaban J connectivity index is 1.63. The second-order valence-electron chi connectivity index (χ2n) is 5.28. The summed E-state index contributed by atoms with van der Waals surface area (Å²) in [6, 6.07) is 14.5. The molecule has 0 saturated carbocycles. The van der Waals surface area contributed by atoms with E-state index in [1.165, 1.54) is 16.7 Å². The lowest BCUT2D eigenvalue weighted by Crippen LogP contribution is -2.32. The van der Waals surface area contributed by atoms with Gasteiger partial charge in [-0.3, -0.25) is 4.90 Å². The summed E-state index contributed by atoms with van der Waals surface area (Å²) >= 11 is 12.2. The molecule has 104 valence electrons. The molecule has 3 rings (SSSR count). The number of halogens is 2. The number of benzene rings is 2. The molecule has 0 bridgehead atoms. The van der Waals surface area contributed by atoms with Gasteiger partial charge in [0.05, 0.1) is 0 Å². The number of hydrogen-bond donors (Lipinski definition) is 0. The smallest absolute Gasteiger partial charge is 0.0453 e. The van der Waals surface area contributed by atoms with E-state index in [4.69, 9.17) is 23.2 Å². The first kappa shape index (κ1) is 13.9. The van der Waals surface area contributed by atoms with Crippen LogP contribution >= 0.6 is 23.2 Å². The Kier molecular flexibility index (Phi) is 4.30. The van der Waals surface area contributed by atoms with Crippen molar-refractivity contribution >= 4 is 23.2 Å². The molecule has 0 saturated heterocycles. The minimum atomic E-state index is 0.700. The lowest BCUT2D eigenvalue weighted by molar-refractivity contribution is 0.257.